The van der Waals surface area contributed by atoms with E-state index in [1.165, 1.54) is 0 Å². The molecule has 0 amide bonds. The third-order valence-corrected chi connectivity index (χ3v) is 9.43. The van der Waals surface area contributed by atoms with E-state index < -0.39 is 24.4 Å². The predicted octanol–water partition coefficient (Wildman–Crippen LogP) is 9.09. The number of benzene rings is 6. The molecular formula is C40H40Cl2O5. The minimum absolute atomic E-state index is 0.350. The van der Waals surface area contributed by atoms with E-state index in [0.29, 0.717) is 47.2 Å². The van der Waals surface area contributed by atoms with Gasteiger partial charge in [0.2, 0.25) is 0 Å². The summed E-state index contributed by atoms with van der Waals surface area (Å²) in [5.74, 6) is 0.806. The summed E-state index contributed by atoms with van der Waals surface area (Å²) in [5, 5.41) is 50.5. The molecule has 6 aromatic carbocycles. The van der Waals surface area contributed by atoms with Crippen molar-refractivity contribution in [2.24, 2.45) is 0 Å². The van der Waals surface area contributed by atoms with Crippen molar-refractivity contribution in [3.05, 3.63) is 105 Å². The Morgan fingerprint density at radius 2 is 0.745 bits per heavy atom. The van der Waals surface area contributed by atoms with Crippen LogP contribution in [0.2, 0.25) is 10.0 Å². The van der Waals surface area contributed by atoms with E-state index in [9.17, 15) is 20.4 Å². The van der Waals surface area contributed by atoms with Gasteiger partial charge in [0.05, 0.1) is 34.5 Å². The second-order valence-corrected chi connectivity index (χ2v) is 13.7. The van der Waals surface area contributed by atoms with Gasteiger partial charge in [-0.25, -0.2) is 0 Å². The highest BCUT2D eigenvalue weighted by Gasteiger charge is 2.25. The number of aliphatic hydroxyl groups is 4. The first-order valence-corrected chi connectivity index (χ1v) is 16.9. The summed E-state index contributed by atoms with van der Waals surface area (Å²) < 4.78 is 6.98. The van der Waals surface area contributed by atoms with E-state index in [4.69, 9.17) is 27.9 Å². The normalized spacial score (nSPS) is 14.6. The van der Waals surface area contributed by atoms with Crippen molar-refractivity contribution in [1.29, 1.82) is 0 Å². The highest BCUT2D eigenvalue weighted by atomic mass is 35.5. The van der Waals surface area contributed by atoms with Crippen LogP contribution in [-0.2, 0) is 25.7 Å². The van der Waals surface area contributed by atoms with Crippen LogP contribution in [0, 0.1) is 0 Å². The molecule has 47 heavy (non-hydrogen) atoms. The molecule has 244 valence electrons. The molecule has 5 nitrogen and oxygen atoms in total. The summed E-state index contributed by atoms with van der Waals surface area (Å²) in [5.41, 5.74) is 3.70. The van der Waals surface area contributed by atoms with Gasteiger partial charge in [-0.05, 0) is 120 Å². The molecule has 0 heterocycles. The molecule has 0 saturated heterocycles. The average molecular weight is 672 g/mol. The van der Waals surface area contributed by atoms with E-state index in [-0.39, 0.29) is 0 Å². The monoisotopic (exact) mass is 670 g/mol. The van der Waals surface area contributed by atoms with Crippen molar-refractivity contribution in [3.63, 3.8) is 0 Å². The number of hydrogen-bond donors (Lipinski definition) is 4. The Hall–Kier alpha value is -3.42. The molecule has 6 rings (SSSR count). The first-order chi connectivity index (χ1) is 22.5. The third-order valence-electron chi connectivity index (χ3n) is 8.83. The molecular weight excluding hydrogens is 631 g/mol. The average Bonchev–Trinajstić information content (AvgIpc) is 3.01. The zero-order valence-electron chi connectivity index (χ0n) is 27.0. The van der Waals surface area contributed by atoms with Gasteiger partial charge in [0, 0.05) is 10.8 Å². The van der Waals surface area contributed by atoms with Gasteiger partial charge in [-0.3, -0.25) is 0 Å². The van der Waals surface area contributed by atoms with Crippen molar-refractivity contribution in [2.45, 2.75) is 77.8 Å². The number of fused-ring (bicyclic) bond motifs is 4. The standard InChI is InChI=1S/C40H40Cl2O5/c1-21(43)17-31-25-9-5-7-11-27(25)33(19-23(3)45)37-29(31)13-15-35(41)39(37)47-40-36(42)16-14-30-32(18-22(2)44)26-10-6-8-12-28(26)34(38(30)40)20-24(4)46/h5-16,21-24,43-46H,17-20H2,1-4H3. The molecule has 6 aromatic rings. The number of rotatable bonds is 10. The van der Waals surface area contributed by atoms with E-state index >= 15 is 0 Å². The Morgan fingerprint density at radius 1 is 0.447 bits per heavy atom. The van der Waals surface area contributed by atoms with Crippen LogP contribution in [-0.4, -0.2) is 44.8 Å². The smallest absolute Gasteiger partial charge is 0.154 e. The Balaban J connectivity index is 1.75. The lowest BCUT2D eigenvalue weighted by Crippen LogP contribution is -2.10. The quantitative estimate of drug-likeness (QED) is 0.109. The van der Waals surface area contributed by atoms with Crippen LogP contribution in [0.5, 0.6) is 11.5 Å². The fourth-order valence-electron chi connectivity index (χ4n) is 7.14. The number of ether oxygens (including phenoxy) is 1. The van der Waals surface area contributed by atoms with Crippen LogP contribution in [0.25, 0.3) is 43.1 Å². The van der Waals surface area contributed by atoms with Gasteiger partial charge in [-0.2, -0.15) is 0 Å². The molecule has 0 aliphatic heterocycles. The van der Waals surface area contributed by atoms with Crippen LogP contribution < -0.4 is 4.74 Å². The Bertz CT molecular complexity index is 1970. The summed E-state index contributed by atoms with van der Waals surface area (Å²) >= 11 is 14.1. The lowest BCUT2D eigenvalue weighted by Gasteiger charge is -2.24. The fourth-order valence-corrected chi connectivity index (χ4v) is 7.53. The van der Waals surface area contributed by atoms with Crippen molar-refractivity contribution < 1.29 is 25.2 Å². The minimum atomic E-state index is -0.649. The number of halogens is 2. The zero-order chi connectivity index (χ0) is 33.6. The Kier molecular flexibility index (Phi) is 9.69. The van der Waals surface area contributed by atoms with Crippen molar-refractivity contribution in [2.75, 3.05) is 0 Å². The minimum Gasteiger partial charge on any atom is -0.453 e. The van der Waals surface area contributed by atoms with Crippen LogP contribution >= 0.6 is 23.2 Å². The summed E-state index contributed by atoms with van der Waals surface area (Å²) in [6, 6.07) is 23.6. The molecule has 0 fully saturated rings. The van der Waals surface area contributed by atoms with Gasteiger partial charge in [0.1, 0.15) is 0 Å². The Morgan fingerprint density at radius 3 is 1.06 bits per heavy atom. The third kappa shape index (κ3) is 6.41. The van der Waals surface area contributed by atoms with Crippen LogP contribution in [0.4, 0.5) is 0 Å². The maximum atomic E-state index is 10.7. The number of aliphatic hydroxyl groups excluding tert-OH is 4. The highest BCUT2D eigenvalue weighted by Crippen LogP contribution is 2.49. The lowest BCUT2D eigenvalue weighted by atomic mass is 9.86. The van der Waals surface area contributed by atoms with Crippen molar-refractivity contribution >= 4 is 66.3 Å². The largest absolute Gasteiger partial charge is 0.453 e. The topological polar surface area (TPSA) is 90.2 Å². The van der Waals surface area contributed by atoms with Gasteiger partial charge in [0.15, 0.2) is 11.5 Å². The van der Waals surface area contributed by atoms with Gasteiger partial charge in [-0.15, -0.1) is 0 Å². The lowest BCUT2D eigenvalue weighted by molar-refractivity contribution is 0.195. The van der Waals surface area contributed by atoms with E-state index in [2.05, 4.69) is 0 Å². The summed E-state index contributed by atoms with van der Waals surface area (Å²) in [6.07, 6.45) is -0.968. The van der Waals surface area contributed by atoms with E-state index in [0.717, 1.165) is 65.3 Å². The zero-order valence-corrected chi connectivity index (χ0v) is 28.5. The maximum absolute atomic E-state index is 10.7. The maximum Gasteiger partial charge on any atom is 0.154 e. The molecule has 7 heteroatoms. The summed E-state index contributed by atoms with van der Waals surface area (Å²) in [7, 11) is 0. The highest BCUT2D eigenvalue weighted by molar-refractivity contribution is 6.35. The molecule has 0 spiro atoms. The van der Waals surface area contributed by atoms with Crippen LogP contribution in [0.1, 0.15) is 49.9 Å². The second kappa shape index (κ2) is 13.6. The summed E-state index contributed by atoms with van der Waals surface area (Å²) in [4.78, 5) is 0. The van der Waals surface area contributed by atoms with E-state index in [1.807, 2.05) is 60.7 Å². The van der Waals surface area contributed by atoms with E-state index in [1.54, 1.807) is 39.8 Å². The fraction of sp³-hybridized carbons (Fsp3) is 0.300. The first kappa shape index (κ1) is 33.5. The Labute approximate surface area is 284 Å². The second-order valence-electron chi connectivity index (χ2n) is 12.9. The molecule has 0 saturated carbocycles. The molecule has 0 radical (unpaired) electrons. The van der Waals surface area contributed by atoms with Crippen molar-refractivity contribution in [1.82, 2.24) is 0 Å². The molecule has 4 atom stereocenters. The predicted molar refractivity (Wildman–Crippen MR) is 195 cm³/mol. The first-order valence-electron chi connectivity index (χ1n) is 16.2. The molecule has 0 aromatic heterocycles. The van der Waals surface area contributed by atoms with Crippen molar-refractivity contribution in [3.8, 4) is 11.5 Å². The molecule has 0 aliphatic carbocycles. The van der Waals surface area contributed by atoms with Crippen LogP contribution in [0.3, 0.4) is 0 Å². The number of hydrogen-bond acceptors (Lipinski definition) is 5. The molecule has 0 aliphatic rings. The SMILES string of the molecule is CC(O)Cc1c2ccccc2c(CC(C)O)c2c(Oc3c(Cl)ccc4c(CC(C)O)c5ccccc5c(CC(C)O)c34)c(Cl)ccc12. The van der Waals surface area contributed by atoms with Gasteiger partial charge < -0.3 is 25.2 Å². The summed E-state index contributed by atoms with van der Waals surface area (Å²) in [6.45, 7) is 7.06. The molecule has 4 N–H and O–H groups in total. The van der Waals surface area contributed by atoms with Gasteiger partial charge in [0.25, 0.3) is 0 Å². The van der Waals surface area contributed by atoms with Gasteiger partial charge >= 0.3 is 0 Å². The molecule has 0 bridgehead atoms. The van der Waals surface area contributed by atoms with Crippen LogP contribution in [0.15, 0.2) is 72.8 Å². The molecule has 4 unspecified atom stereocenters. The van der Waals surface area contributed by atoms with Gasteiger partial charge in [-0.1, -0.05) is 83.9 Å².